The fraction of sp³-hybridized carbons (Fsp3) is 0.240. The van der Waals surface area contributed by atoms with Gasteiger partial charge in [-0.3, -0.25) is 9.59 Å². The first-order chi connectivity index (χ1) is 15.9. The van der Waals surface area contributed by atoms with Crippen LogP contribution in [0.2, 0.25) is 5.02 Å². The number of rotatable bonds is 4. The van der Waals surface area contributed by atoms with Crippen molar-refractivity contribution < 1.29 is 9.21 Å². The number of amides is 1. The summed E-state index contributed by atoms with van der Waals surface area (Å²) in [7, 11) is 0. The van der Waals surface area contributed by atoms with E-state index in [9.17, 15) is 9.59 Å². The van der Waals surface area contributed by atoms with E-state index in [1.165, 1.54) is 11.3 Å². The van der Waals surface area contributed by atoms with Crippen molar-refractivity contribution in [2.24, 2.45) is 0 Å². The van der Waals surface area contributed by atoms with Crippen molar-refractivity contribution in [1.82, 2.24) is 14.9 Å². The highest BCUT2D eigenvalue weighted by molar-refractivity contribution is 7.18. The molecule has 0 spiro atoms. The summed E-state index contributed by atoms with van der Waals surface area (Å²) in [6.45, 7) is 5.24. The largest absolute Gasteiger partial charge is 0.457 e. The molecule has 0 bridgehead atoms. The molecule has 6 nitrogen and oxygen atoms in total. The van der Waals surface area contributed by atoms with E-state index >= 15 is 0 Å². The predicted molar refractivity (Wildman–Crippen MR) is 133 cm³/mol. The Labute approximate surface area is 199 Å². The molecule has 33 heavy (non-hydrogen) atoms. The van der Waals surface area contributed by atoms with Crippen LogP contribution in [0.4, 0.5) is 0 Å². The first-order valence-electron chi connectivity index (χ1n) is 10.8. The summed E-state index contributed by atoms with van der Waals surface area (Å²) >= 11 is 7.77. The molecule has 1 aromatic carbocycles. The first kappa shape index (κ1) is 21.7. The van der Waals surface area contributed by atoms with Crippen LogP contribution in [0.5, 0.6) is 0 Å². The third-order valence-corrected chi connectivity index (χ3v) is 7.40. The fourth-order valence-electron chi connectivity index (χ4n) is 4.08. The average molecular weight is 480 g/mol. The summed E-state index contributed by atoms with van der Waals surface area (Å²) in [5.41, 5.74) is 1.75. The van der Waals surface area contributed by atoms with Gasteiger partial charge in [0.15, 0.2) is 0 Å². The summed E-state index contributed by atoms with van der Waals surface area (Å²) in [5.74, 6) is 1.16. The maximum Gasteiger partial charge on any atom is 0.260 e. The van der Waals surface area contributed by atoms with Gasteiger partial charge in [0.1, 0.15) is 22.2 Å². The van der Waals surface area contributed by atoms with Gasteiger partial charge in [-0.05, 0) is 62.6 Å². The Morgan fingerprint density at radius 3 is 2.70 bits per heavy atom. The molecule has 1 amide bonds. The van der Waals surface area contributed by atoms with Crippen molar-refractivity contribution in [2.75, 3.05) is 13.1 Å². The lowest BCUT2D eigenvalue weighted by Crippen LogP contribution is -2.29. The van der Waals surface area contributed by atoms with Gasteiger partial charge in [-0.15, -0.1) is 11.3 Å². The fourth-order valence-corrected chi connectivity index (χ4v) is 5.34. The van der Waals surface area contributed by atoms with Gasteiger partial charge in [0, 0.05) is 23.5 Å². The van der Waals surface area contributed by atoms with E-state index < -0.39 is 0 Å². The summed E-state index contributed by atoms with van der Waals surface area (Å²) in [4.78, 5) is 37.3. The third-order valence-electron chi connectivity index (χ3n) is 5.97. The topological polar surface area (TPSA) is 79.2 Å². The number of aromatic amines is 1. The van der Waals surface area contributed by atoms with Crippen molar-refractivity contribution in [3.63, 3.8) is 0 Å². The number of carbonyl (C=O) groups is 1. The molecule has 4 aromatic rings. The van der Waals surface area contributed by atoms with E-state index in [4.69, 9.17) is 16.0 Å². The highest BCUT2D eigenvalue weighted by Crippen LogP contribution is 2.31. The number of carbonyl (C=O) groups excluding carboxylic acids is 1. The van der Waals surface area contributed by atoms with Gasteiger partial charge in [-0.25, -0.2) is 4.98 Å². The number of thiophene rings is 1. The van der Waals surface area contributed by atoms with Crippen LogP contribution >= 0.6 is 22.9 Å². The molecule has 1 aliphatic rings. The number of benzene rings is 1. The number of halogens is 1. The van der Waals surface area contributed by atoms with Crippen LogP contribution in [0.25, 0.3) is 33.2 Å². The zero-order valence-electron chi connectivity index (χ0n) is 18.3. The lowest BCUT2D eigenvalue weighted by atomic mass is 10.1. The van der Waals surface area contributed by atoms with Crippen LogP contribution in [0.15, 0.2) is 45.6 Å². The quantitative estimate of drug-likeness (QED) is 0.382. The summed E-state index contributed by atoms with van der Waals surface area (Å²) in [6.07, 6.45) is 3.57. The molecule has 8 heteroatoms. The van der Waals surface area contributed by atoms with Crippen molar-refractivity contribution in [1.29, 1.82) is 0 Å². The summed E-state index contributed by atoms with van der Waals surface area (Å²) in [6, 6.07) is 11.0. The van der Waals surface area contributed by atoms with Gasteiger partial charge in [0.2, 0.25) is 0 Å². The Balaban J connectivity index is 1.62. The van der Waals surface area contributed by atoms with Crippen molar-refractivity contribution in [3.8, 4) is 11.3 Å². The highest BCUT2D eigenvalue weighted by atomic mass is 35.5. The Bertz CT molecular complexity index is 1460. The molecule has 1 fully saturated rings. The summed E-state index contributed by atoms with van der Waals surface area (Å²) in [5, 5.41) is 1.16. The molecule has 4 heterocycles. The van der Waals surface area contributed by atoms with Crippen LogP contribution in [0.3, 0.4) is 0 Å². The molecule has 168 valence electrons. The Morgan fingerprint density at radius 2 is 1.94 bits per heavy atom. The maximum atomic E-state index is 13.4. The zero-order chi connectivity index (χ0) is 23.1. The van der Waals surface area contributed by atoms with Gasteiger partial charge in [-0.2, -0.15) is 0 Å². The molecular weight excluding hydrogens is 458 g/mol. The molecule has 1 aliphatic heterocycles. The van der Waals surface area contributed by atoms with Crippen LogP contribution in [0.1, 0.15) is 34.9 Å². The first-order valence-corrected chi connectivity index (χ1v) is 12.0. The van der Waals surface area contributed by atoms with Crippen molar-refractivity contribution in [2.45, 2.75) is 26.7 Å². The Hall–Kier alpha value is -3.16. The average Bonchev–Trinajstić information content (AvgIpc) is 3.54. The minimum absolute atomic E-state index is 0.171. The molecule has 0 atom stereocenters. The number of hydrogen-bond acceptors (Lipinski definition) is 5. The number of aromatic nitrogens is 2. The minimum Gasteiger partial charge on any atom is -0.457 e. The molecule has 0 saturated carbocycles. The number of likely N-dealkylation sites (tertiary alicyclic amines) is 1. The monoisotopic (exact) mass is 479 g/mol. The molecular formula is C25H22ClN3O3S. The van der Waals surface area contributed by atoms with Gasteiger partial charge in [-0.1, -0.05) is 23.7 Å². The summed E-state index contributed by atoms with van der Waals surface area (Å²) < 4.78 is 6.01. The normalized spacial score (nSPS) is 14.4. The molecule has 1 N–H and O–H groups in total. The number of furan rings is 1. The van der Waals surface area contributed by atoms with Gasteiger partial charge < -0.3 is 14.3 Å². The van der Waals surface area contributed by atoms with Gasteiger partial charge >= 0.3 is 0 Å². The Kier molecular flexibility index (Phi) is 5.68. The number of fused-ring (bicyclic) bond motifs is 1. The number of nitrogens with one attached hydrogen (secondary N) is 1. The molecule has 0 unspecified atom stereocenters. The van der Waals surface area contributed by atoms with Crippen LogP contribution in [-0.4, -0.2) is 33.9 Å². The zero-order valence-corrected chi connectivity index (χ0v) is 19.8. The number of aryl methyl sites for hydroxylation is 2. The smallest absolute Gasteiger partial charge is 0.260 e. The van der Waals surface area contributed by atoms with E-state index in [0.717, 1.165) is 28.8 Å². The lowest BCUT2D eigenvalue weighted by Gasteiger charge is -2.17. The molecule has 1 saturated heterocycles. The number of hydrogen-bond donors (Lipinski definition) is 1. The van der Waals surface area contributed by atoms with E-state index in [2.05, 4.69) is 9.97 Å². The van der Waals surface area contributed by atoms with Crippen LogP contribution in [-0.2, 0) is 4.79 Å². The predicted octanol–water partition coefficient (Wildman–Crippen LogP) is 5.68. The second-order valence-electron chi connectivity index (χ2n) is 8.12. The SMILES string of the molecule is Cc1sc2nc(/C(=C\c3ccc(-c4ccccc4Cl)o3)C(=O)N3CCCC3)[nH]c(=O)c2c1C. The Morgan fingerprint density at radius 1 is 1.18 bits per heavy atom. The second-order valence-corrected chi connectivity index (χ2v) is 9.73. The van der Waals surface area contributed by atoms with Crippen LogP contribution in [0, 0.1) is 13.8 Å². The highest BCUT2D eigenvalue weighted by Gasteiger charge is 2.26. The number of H-pyrrole nitrogens is 1. The molecule has 0 aliphatic carbocycles. The maximum absolute atomic E-state index is 13.4. The van der Waals surface area contributed by atoms with Gasteiger partial charge in [0.25, 0.3) is 11.5 Å². The molecule has 0 radical (unpaired) electrons. The van der Waals surface area contributed by atoms with Crippen molar-refractivity contribution in [3.05, 3.63) is 73.8 Å². The van der Waals surface area contributed by atoms with E-state index in [1.54, 1.807) is 23.1 Å². The second kappa shape index (κ2) is 8.65. The lowest BCUT2D eigenvalue weighted by molar-refractivity contribution is -0.123. The molecule has 5 rings (SSSR count). The van der Waals surface area contributed by atoms with E-state index in [-0.39, 0.29) is 17.3 Å². The van der Waals surface area contributed by atoms with E-state index in [1.807, 2.05) is 38.1 Å². The third kappa shape index (κ3) is 4.03. The molecule has 3 aromatic heterocycles. The standard InChI is InChI=1S/C25H22ClN3O3S/c1-14-15(2)33-24-21(14)23(30)27-22(28-24)18(25(31)29-11-5-6-12-29)13-16-9-10-20(32-16)17-7-3-4-8-19(17)26/h3-4,7-10,13H,5-6,11-12H2,1-2H3,(H,27,28,30)/b18-13+. The van der Waals surface area contributed by atoms with Gasteiger partial charge in [0.05, 0.1) is 16.0 Å². The number of nitrogens with zero attached hydrogens (tertiary/aromatic N) is 2. The van der Waals surface area contributed by atoms with Crippen molar-refractivity contribution >= 4 is 50.7 Å². The van der Waals surface area contributed by atoms with E-state index in [0.29, 0.717) is 45.4 Å². The van der Waals surface area contributed by atoms with Crippen LogP contribution < -0.4 is 5.56 Å². The minimum atomic E-state index is -0.242.